The van der Waals surface area contributed by atoms with Gasteiger partial charge in [-0.05, 0) is 24.6 Å². The SMILES string of the molecule is CCCCC(CN)NC(=O)CCC(=O)c1cc(Br)ccc1OC. The number of amides is 1. The quantitative estimate of drug-likeness (QED) is 0.607. The molecule has 0 heterocycles. The molecule has 1 aromatic rings. The molecule has 0 bridgehead atoms. The first-order valence-corrected chi connectivity index (χ1v) is 8.67. The van der Waals surface area contributed by atoms with Crippen LogP contribution in [0.25, 0.3) is 0 Å². The van der Waals surface area contributed by atoms with Crippen LogP contribution in [0.5, 0.6) is 5.75 Å². The maximum Gasteiger partial charge on any atom is 0.220 e. The molecular weight excluding hydrogens is 360 g/mol. The maximum absolute atomic E-state index is 12.3. The van der Waals surface area contributed by atoms with Crippen molar-refractivity contribution in [3.63, 3.8) is 0 Å². The molecule has 3 N–H and O–H groups in total. The van der Waals surface area contributed by atoms with Gasteiger partial charge in [0, 0.05) is 29.9 Å². The Hall–Kier alpha value is -1.40. The molecule has 0 saturated carbocycles. The van der Waals surface area contributed by atoms with Crippen LogP contribution >= 0.6 is 15.9 Å². The lowest BCUT2D eigenvalue weighted by atomic mass is 10.0. The van der Waals surface area contributed by atoms with E-state index in [4.69, 9.17) is 10.5 Å². The van der Waals surface area contributed by atoms with E-state index >= 15 is 0 Å². The summed E-state index contributed by atoms with van der Waals surface area (Å²) in [6.07, 6.45) is 3.25. The molecule has 0 saturated heterocycles. The predicted molar refractivity (Wildman–Crippen MR) is 94.8 cm³/mol. The van der Waals surface area contributed by atoms with Gasteiger partial charge in [0.1, 0.15) is 5.75 Å². The molecule has 1 unspecified atom stereocenters. The molecule has 1 atom stereocenters. The molecule has 1 rings (SSSR count). The second kappa shape index (κ2) is 10.4. The number of nitrogens with one attached hydrogen (secondary N) is 1. The van der Waals surface area contributed by atoms with Crippen molar-refractivity contribution in [2.24, 2.45) is 5.73 Å². The molecule has 0 aromatic heterocycles. The smallest absolute Gasteiger partial charge is 0.220 e. The molecule has 0 fully saturated rings. The fourth-order valence-corrected chi connectivity index (χ4v) is 2.62. The van der Waals surface area contributed by atoms with E-state index in [0.29, 0.717) is 17.9 Å². The number of methoxy groups -OCH3 is 1. The Morgan fingerprint density at radius 1 is 1.35 bits per heavy atom. The second-order valence-electron chi connectivity index (χ2n) is 5.41. The summed E-state index contributed by atoms with van der Waals surface area (Å²) in [5, 5.41) is 2.89. The van der Waals surface area contributed by atoms with E-state index in [-0.39, 0.29) is 30.6 Å². The Labute approximate surface area is 146 Å². The molecule has 0 spiro atoms. The van der Waals surface area contributed by atoms with Crippen LogP contribution < -0.4 is 15.8 Å². The summed E-state index contributed by atoms with van der Waals surface area (Å²) in [5.41, 5.74) is 6.14. The summed E-state index contributed by atoms with van der Waals surface area (Å²) < 4.78 is 6.00. The molecule has 1 aromatic carbocycles. The number of nitrogens with two attached hydrogens (primary N) is 1. The highest BCUT2D eigenvalue weighted by Gasteiger charge is 2.16. The summed E-state index contributed by atoms with van der Waals surface area (Å²) in [7, 11) is 1.52. The maximum atomic E-state index is 12.3. The number of ketones is 1. The number of unbranched alkanes of at least 4 members (excludes halogenated alkanes) is 1. The van der Waals surface area contributed by atoms with E-state index in [0.717, 1.165) is 23.7 Å². The fourth-order valence-electron chi connectivity index (χ4n) is 2.26. The zero-order chi connectivity index (χ0) is 17.2. The Bertz CT molecular complexity index is 535. The normalized spacial score (nSPS) is 11.8. The number of hydrogen-bond donors (Lipinski definition) is 2. The van der Waals surface area contributed by atoms with Gasteiger partial charge >= 0.3 is 0 Å². The lowest BCUT2D eigenvalue weighted by molar-refractivity contribution is -0.121. The Morgan fingerprint density at radius 3 is 2.70 bits per heavy atom. The van der Waals surface area contributed by atoms with Crippen molar-refractivity contribution >= 4 is 27.6 Å². The van der Waals surface area contributed by atoms with Crippen molar-refractivity contribution in [1.82, 2.24) is 5.32 Å². The molecular formula is C17H25BrN2O3. The van der Waals surface area contributed by atoms with Gasteiger partial charge in [0.2, 0.25) is 5.91 Å². The van der Waals surface area contributed by atoms with E-state index in [2.05, 4.69) is 28.2 Å². The monoisotopic (exact) mass is 384 g/mol. The highest BCUT2D eigenvalue weighted by atomic mass is 79.9. The number of benzene rings is 1. The number of Topliss-reactive ketones (excluding diaryl/α,β-unsaturated/α-hetero) is 1. The largest absolute Gasteiger partial charge is 0.496 e. The van der Waals surface area contributed by atoms with Crippen LogP contribution in [0, 0.1) is 0 Å². The van der Waals surface area contributed by atoms with Gasteiger partial charge in [-0.15, -0.1) is 0 Å². The summed E-state index contributed by atoms with van der Waals surface area (Å²) in [5.74, 6) is 0.261. The molecule has 6 heteroatoms. The average Bonchev–Trinajstić information content (AvgIpc) is 2.56. The zero-order valence-corrected chi connectivity index (χ0v) is 15.3. The van der Waals surface area contributed by atoms with Gasteiger partial charge in [0.15, 0.2) is 5.78 Å². The van der Waals surface area contributed by atoms with E-state index in [1.54, 1.807) is 12.1 Å². The molecule has 0 aliphatic carbocycles. The van der Waals surface area contributed by atoms with Crippen LogP contribution in [0.2, 0.25) is 0 Å². The Kier molecular flexibility index (Phi) is 8.87. The first-order valence-electron chi connectivity index (χ1n) is 7.88. The second-order valence-corrected chi connectivity index (χ2v) is 6.33. The molecule has 23 heavy (non-hydrogen) atoms. The van der Waals surface area contributed by atoms with E-state index in [1.807, 2.05) is 6.07 Å². The van der Waals surface area contributed by atoms with Crippen molar-refractivity contribution in [3.8, 4) is 5.75 Å². The average molecular weight is 385 g/mol. The molecule has 1 amide bonds. The van der Waals surface area contributed by atoms with Gasteiger partial charge in [-0.2, -0.15) is 0 Å². The van der Waals surface area contributed by atoms with Gasteiger partial charge in [-0.25, -0.2) is 0 Å². The zero-order valence-electron chi connectivity index (χ0n) is 13.7. The van der Waals surface area contributed by atoms with Gasteiger partial charge in [-0.3, -0.25) is 9.59 Å². The molecule has 0 radical (unpaired) electrons. The minimum Gasteiger partial charge on any atom is -0.496 e. The number of carbonyl (C=O) groups excluding carboxylic acids is 2. The highest BCUT2D eigenvalue weighted by molar-refractivity contribution is 9.10. The van der Waals surface area contributed by atoms with Crippen molar-refractivity contribution in [1.29, 1.82) is 0 Å². The third-order valence-corrected chi connectivity index (χ3v) is 4.09. The van der Waals surface area contributed by atoms with Crippen LogP contribution in [0.1, 0.15) is 49.4 Å². The lowest BCUT2D eigenvalue weighted by Crippen LogP contribution is -2.40. The van der Waals surface area contributed by atoms with Crippen LogP contribution in [-0.4, -0.2) is 31.4 Å². The number of ether oxygens (including phenoxy) is 1. The summed E-state index contributed by atoms with van der Waals surface area (Å²) in [6, 6.07) is 5.23. The predicted octanol–water partition coefficient (Wildman–Crippen LogP) is 3.05. The highest BCUT2D eigenvalue weighted by Crippen LogP contribution is 2.24. The van der Waals surface area contributed by atoms with Gasteiger partial charge < -0.3 is 15.8 Å². The molecule has 0 aliphatic rings. The number of hydrogen-bond acceptors (Lipinski definition) is 4. The van der Waals surface area contributed by atoms with Gasteiger partial charge in [0.25, 0.3) is 0 Å². The Morgan fingerprint density at radius 2 is 2.09 bits per heavy atom. The van der Waals surface area contributed by atoms with E-state index in [9.17, 15) is 9.59 Å². The standard InChI is InChI=1S/C17H25BrN2O3/c1-3-4-5-13(11-19)20-17(22)9-7-15(21)14-10-12(18)6-8-16(14)23-2/h6,8,10,13H,3-5,7,9,11,19H2,1-2H3,(H,20,22). The minimum absolute atomic E-state index is 0.0158. The molecule has 128 valence electrons. The van der Waals surface area contributed by atoms with Crippen molar-refractivity contribution < 1.29 is 14.3 Å². The van der Waals surface area contributed by atoms with Gasteiger partial charge in [-0.1, -0.05) is 35.7 Å². The lowest BCUT2D eigenvalue weighted by Gasteiger charge is -2.16. The summed E-state index contributed by atoms with van der Waals surface area (Å²) >= 11 is 3.34. The summed E-state index contributed by atoms with van der Waals surface area (Å²) in [4.78, 5) is 24.3. The number of carbonyl (C=O) groups is 2. The van der Waals surface area contributed by atoms with Crippen LogP contribution in [0.4, 0.5) is 0 Å². The topological polar surface area (TPSA) is 81.4 Å². The fraction of sp³-hybridized carbons (Fsp3) is 0.529. The number of halogens is 1. The van der Waals surface area contributed by atoms with Crippen LogP contribution in [0.15, 0.2) is 22.7 Å². The van der Waals surface area contributed by atoms with E-state index in [1.165, 1.54) is 7.11 Å². The van der Waals surface area contributed by atoms with Crippen LogP contribution in [-0.2, 0) is 4.79 Å². The van der Waals surface area contributed by atoms with Crippen molar-refractivity contribution in [2.75, 3.05) is 13.7 Å². The van der Waals surface area contributed by atoms with E-state index < -0.39 is 0 Å². The minimum atomic E-state index is -0.140. The third-order valence-electron chi connectivity index (χ3n) is 3.60. The van der Waals surface area contributed by atoms with Crippen molar-refractivity contribution in [2.45, 2.75) is 45.1 Å². The van der Waals surface area contributed by atoms with Crippen molar-refractivity contribution in [3.05, 3.63) is 28.2 Å². The third kappa shape index (κ3) is 6.71. The molecule has 5 nitrogen and oxygen atoms in total. The molecule has 0 aliphatic heterocycles. The van der Waals surface area contributed by atoms with Gasteiger partial charge in [0.05, 0.1) is 12.7 Å². The first-order chi connectivity index (χ1) is 11.0. The van der Waals surface area contributed by atoms with Crippen LogP contribution in [0.3, 0.4) is 0 Å². The Balaban J connectivity index is 2.55. The first kappa shape index (κ1) is 19.6. The number of rotatable bonds is 10. The summed E-state index contributed by atoms with van der Waals surface area (Å²) in [6.45, 7) is 2.51.